The van der Waals surface area contributed by atoms with Crippen molar-refractivity contribution in [3.8, 4) is 5.75 Å². The summed E-state index contributed by atoms with van der Waals surface area (Å²) < 4.78 is 100. The van der Waals surface area contributed by atoms with Gasteiger partial charge < -0.3 is 18.9 Å². The molecule has 0 amide bonds. The molecule has 0 atom stereocenters. The van der Waals surface area contributed by atoms with Crippen molar-refractivity contribution in [2.75, 3.05) is 45.2 Å². The van der Waals surface area contributed by atoms with Gasteiger partial charge in [-0.15, -0.1) is 0 Å². The summed E-state index contributed by atoms with van der Waals surface area (Å²) in [6, 6.07) is 9.91. The Kier molecular flexibility index (Phi) is 7.29. The Bertz CT molecular complexity index is 866. The Balaban J connectivity index is 1.96. The first kappa shape index (κ1) is 24.0. The Morgan fingerprint density at radius 2 is 1.52 bits per heavy atom. The molecule has 0 aromatic heterocycles. The van der Waals surface area contributed by atoms with E-state index in [9.17, 15) is 26.3 Å². The van der Waals surface area contributed by atoms with Crippen molar-refractivity contribution in [3.05, 3.63) is 36.4 Å². The molecule has 1 aliphatic heterocycles. The number of methoxy groups -OCH3 is 1. The summed E-state index contributed by atoms with van der Waals surface area (Å²) in [5.41, 5.74) is -4.53. The van der Waals surface area contributed by atoms with Crippen LogP contribution in [0.3, 0.4) is 0 Å². The lowest BCUT2D eigenvalue weighted by Gasteiger charge is -2.36. The first-order chi connectivity index (χ1) is 14.6. The zero-order valence-corrected chi connectivity index (χ0v) is 17.3. The molecule has 4 nitrogen and oxygen atoms in total. The highest BCUT2D eigenvalue weighted by Gasteiger charge is 2.73. The lowest BCUT2D eigenvalue weighted by molar-refractivity contribution is -0.397. The molecule has 0 aliphatic carbocycles. The van der Waals surface area contributed by atoms with Crippen LogP contribution >= 0.6 is 0 Å². The maximum Gasteiger partial charge on any atom is 0.430 e. The highest BCUT2D eigenvalue weighted by atomic mass is 32.2. The summed E-state index contributed by atoms with van der Waals surface area (Å²) >= 11 is 0. The van der Waals surface area contributed by atoms with Gasteiger partial charge >= 0.3 is 12.4 Å². The molecular weight excluding hydrogens is 450 g/mol. The SMILES string of the molecule is COCOC(COc1ccc([S+]2CCOCC2)c2ccccc12)(C(F)(F)F)C(F)(F)F. The van der Waals surface area contributed by atoms with Crippen molar-refractivity contribution in [1.82, 2.24) is 0 Å². The first-order valence-electron chi connectivity index (χ1n) is 9.27. The van der Waals surface area contributed by atoms with Gasteiger partial charge in [0.1, 0.15) is 30.7 Å². The van der Waals surface area contributed by atoms with E-state index >= 15 is 0 Å². The summed E-state index contributed by atoms with van der Waals surface area (Å²) in [4.78, 5) is 0.986. The fourth-order valence-electron chi connectivity index (χ4n) is 3.23. The third-order valence-corrected chi connectivity index (χ3v) is 7.17. The zero-order chi connectivity index (χ0) is 22.7. The second-order valence-corrected chi connectivity index (χ2v) is 9.02. The van der Waals surface area contributed by atoms with Gasteiger partial charge in [0.15, 0.2) is 4.90 Å². The van der Waals surface area contributed by atoms with Gasteiger partial charge in [-0.05, 0) is 18.2 Å². The predicted octanol–water partition coefficient (Wildman–Crippen LogP) is 4.71. The average Bonchev–Trinajstić information content (AvgIpc) is 2.72. The molecule has 2 aromatic rings. The van der Waals surface area contributed by atoms with E-state index in [1.807, 2.05) is 0 Å². The second kappa shape index (κ2) is 9.43. The van der Waals surface area contributed by atoms with Crippen LogP contribution in [0.15, 0.2) is 41.3 Å². The van der Waals surface area contributed by atoms with Crippen LogP contribution in [0.5, 0.6) is 5.75 Å². The molecular formula is C20H21F6O4S+. The fourth-order valence-corrected chi connectivity index (χ4v) is 5.26. The smallest absolute Gasteiger partial charge is 0.430 e. The van der Waals surface area contributed by atoms with Crippen molar-refractivity contribution >= 4 is 21.7 Å². The number of alkyl halides is 6. The molecule has 11 heteroatoms. The number of ether oxygens (including phenoxy) is 4. The molecule has 1 aliphatic rings. The molecule has 0 radical (unpaired) electrons. The van der Waals surface area contributed by atoms with Crippen molar-refractivity contribution in [2.45, 2.75) is 22.8 Å². The molecule has 0 spiro atoms. The molecule has 1 heterocycles. The number of fused-ring (bicyclic) bond motifs is 1. The van der Waals surface area contributed by atoms with Gasteiger partial charge in [0.25, 0.3) is 5.60 Å². The van der Waals surface area contributed by atoms with Crippen molar-refractivity contribution in [2.24, 2.45) is 0 Å². The molecule has 1 fully saturated rings. The molecule has 172 valence electrons. The van der Waals surface area contributed by atoms with Crippen LogP contribution in [0.2, 0.25) is 0 Å². The fraction of sp³-hybridized carbons (Fsp3) is 0.500. The third kappa shape index (κ3) is 4.89. The number of rotatable bonds is 7. The van der Waals surface area contributed by atoms with E-state index < -0.39 is 31.4 Å². The lowest BCUT2D eigenvalue weighted by atomic mass is 10.0. The standard InChI is InChI=1S/C20H21F6O4S/c1-27-13-30-18(19(21,22)23,20(24,25)26)12-29-16-6-7-17(31-10-8-28-9-11-31)15-5-3-2-4-14(15)16/h2-7H,8-13H2,1H3/q+1. The molecule has 0 unspecified atom stereocenters. The minimum Gasteiger partial charge on any atom is -0.489 e. The Hall–Kier alpha value is -1.69. The number of benzene rings is 2. The maximum absolute atomic E-state index is 13.5. The van der Waals surface area contributed by atoms with Gasteiger partial charge in [0, 0.05) is 28.8 Å². The summed E-state index contributed by atoms with van der Waals surface area (Å²) in [5.74, 6) is 1.52. The van der Waals surface area contributed by atoms with Gasteiger partial charge in [-0.25, -0.2) is 0 Å². The zero-order valence-electron chi connectivity index (χ0n) is 16.5. The van der Waals surface area contributed by atoms with Crippen LogP contribution in [-0.4, -0.2) is 63.2 Å². The average molecular weight is 471 g/mol. The van der Waals surface area contributed by atoms with Gasteiger partial charge in [0.05, 0.1) is 13.2 Å². The van der Waals surface area contributed by atoms with Crippen molar-refractivity contribution < 1.29 is 45.3 Å². The molecule has 31 heavy (non-hydrogen) atoms. The van der Waals surface area contributed by atoms with Crippen LogP contribution in [0, 0.1) is 0 Å². The first-order valence-corrected chi connectivity index (χ1v) is 10.8. The van der Waals surface area contributed by atoms with E-state index in [-0.39, 0.29) is 16.6 Å². The van der Waals surface area contributed by atoms with Crippen LogP contribution in [0.1, 0.15) is 0 Å². The van der Waals surface area contributed by atoms with Crippen LogP contribution in [-0.2, 0) is 25.1 Å². The van der Waals surface area contributed by atoms with E-state index in [2.05, 4.69) is 9.47 Å². The predicted molar refractivity (Wildman–Crippen MR) is 103 cm³/mol. The Labute approximate surface area is 177 Å². The number of halogens is 6. The van der Waals surface area contributed by atoms with Gasteiger partial charge in [-0.3, -0.25) is 0 Å². The van der Waals surface area contributed by atoms with Gasteiger partial charge in [-0.2, -0.15) is 26.3 Å². The summed E-state index contributed by atoms with van der Waals surface area (Å²) in [6.07, 6.45) is -11.5. The normalized spacial score (nSPS) is 16.6. The summed E-state index contributed by atoms with van der Waals surface area (Å²) in [5, 5.41) is 1.16. The van der Waals surface area contributed by atoms with Crippen LogP contribution < -0.4 is 4.74 Å². The monoisotopic (exact) mass is 471 g/mol. The minimum atomic E-state index is -5.77. The number of hydrogen-bond donors (Lipinski definition) is 0. The molecule has 0 bridgehead atoms. The summed E-state index contributed by atoms with van der Waals surface area (Å²) in [7, 11) is 0.806. The molecule has 2 aromatic carbocycles. The van der Waals surface area contributed by atoms with E-state index in [0.717, 1.165) is 28.9 Å². The quantitative estimate of drug-likeness (QED) is 0.333. The third-order valence-electron chi connectivity index (χ3n) is 4.87. The van der Waals surface area contributed by atoms with E-state index in [0.29, 0.717) is 18.6 Å². The lowest BCUT2D eigenvalue weighted by Crippen LogP contribution is -2.62. The van der Waals surface area contributed by atoms with E-state index in [1.54, 1.807) is 30.3 Å². The molecule has 1 saturated heterocycles. The number of hydrogen-bond acceptors (Lipinski definition) is 4. The topological polar surface area (TPSA) is 36.9 Å². The molecule has 0 saturated carbocycles. The van der Waals surface area contributed by atoms with Crippen LogP contribution in [0.4, 0.5) is 26.3 Å². The van der Waals surface area contributed by atoms with Crippen molar-refractivity contribution in [3.63, 3.8) is 0 Å². The van der Waals surface area contributed by atoms with Gasteiger partial charge in [-0.1, -0.05) is 18.2 Å². The van der Waals surface area contributed by atoms with E-state index in [4.69, 9.17) is 9.47 Å². The minimum absolute atomic E-state index is 0.0879. The molecule has 0 N–H and O–H groups in total. The Morgan fingerprint density at radius 1 is 0.903 bits per heavy atom. The maximum atomic E-state index is 13.5. The Morgan fingerprint density at radius 3 is 2.10 bits per heavy atom. The van der Waals surface area contributed by atoms with Gasteiger partial charge in [0.2, 0.25) is 0 Å². The second-order valence-electron chi connectivity index (χ2n) is 6.78. The van der Waals surface area contributed by atoms with Crippen molar-refractivity contribution in [1.29, 1.82) is 0 Å². The van der Waals surface area contributed by atoms with E-state index in [1.165, 1.54) is 6.07 Å². The highest BCUT2D eigenvalue weighted by molar-refractivity contribution is 7.97. The van der Waals surface area contributed by atoms with Crippen LogP contribution in [0.25, 0.3) is 10.8 Å². The largest absolute Gasteiger partial charge is 0.489 e. The summed E-state index contributed by atoms with van der Waals surface area (Å²) in [6.45, 7) is -1.79. The highest BCUT2D eigenvalue weighted by Crippen LogP contribution is 2.46. The molecule has 3 rings (SSSR count).